The Balaban J connectivity index is 1.19. The molecule has 5 nitrogen and oxygen atoms in total. The van der Waals surface area contributed by atoms with E-state index in [1.807, 2.05) is 24.3 Å². The topological polar surface area (TPSA) is 56.7 Å². The van der Waals surface area contributed by atoms with Crippen molar-refractivity contribution in [1.29, 1.82) is 0 Å². The van der Waals surface area contributed by atoms with Gasteiger partial charge in [0.15, 0.2) is 17.5 Å². The van der Waals surface area contributed by atoms with Gasteiger partial charge in [-0.2, -0.15) is 0 Å². The van der Waals surface area contributed by atoms with E-state index in [-0.39, 0.29) is 0 Å². The Morgan fingerprint density at radius 1 is 0.352 bits per heavy atom. The molecule has 0 unspecified atom stereocenters. The average Bonchev–Trinajstić information content (AvgIpc) is 3.79. The highest BCUT2D eigenvalue weighted by atomic mass is 16.3. The van der Waals surface area contributed by atoms with E-state index >= 15 is 0 Å². The van der Waals surface area contributed by atoms with Gasteiger partial charge in [-0.3, -0.25) is 0 Å². The molecule has 0 aliphatic carbocycles. The maximum Gasteiger partial charge on any atom is 0.166 e. The number of nitrogens with zero attached hydrogens (tertiary/aromatic N) is 4. The largest absolute Gasteiger partial charge is 0.456 e. The summed E-state index contributed by atoms with van der Waals surface area (Å²) >= 11 is 0. The summed E-state index contributed by atoms with van der Waals surface area (Å²) in [6, 6.07) is 63.4. The number of hydrogen-bond acceptors (Lipinski definition) is 4. The molecule has 0 bridgehead atoms. The number of para-hydroxylation sites is 3. The molecule has 54 heavy (non-hydrogen) atoms. The summed E-state index contributed by atoms with van der Waals surface area (Å²) in [7, 11) is 0. The third-order valence-corrected chi connectivity index (χ3v) is 10.4. The third kappa shape index (κ3) is 4.90. The Morgan fingerprint density at radius 2 is 0.926 bits per heavy atom. The number of aromatic nitrogens is 4. The zero-order valence-electron chi connectivity index (χ0n) is 29.0. The van der Waals surface area contributed by atoms with Gasteiger partial charge in [0.2, 0.25) is 0 Å². The van der Waals surface area contributed by atoms with Crippen molar-refractivity contribution in [3.05, 3.63) is 182 Å². The van der Waals surface area contributed by atoms with Gasteiger partial charge in [-0.1, -0.05) is 133 Å². The minimum Gasteiger partial charge on any atom is -0.456 e. The van der Waals surface area contributed by atoms with Crippen molar-refractivity contribution < 1.29 is 4.42 Å². The highest BCUT2D eigenvalue weighted by molar-refractivity contribution is 6.10. The summed E-state index contributed by atoms with van der Waals surface area (Å²) in [5.41, 5.74) is 9.78. The van der Waals surface area contributed by atoms with Crippen molar-refractivity contribution >= 4 is 54.5 Å². The summed E-state index contributed by atoms with van der Waals surface area (Å²) in [4.78, 5) is 15.7. The fourth-order valence-corrected chi connectivity index (χ4v) is 7.85. The molecule has 3 heterocycles. The summed E-state index contributed by atoms with van der Waals surface area (Å²) in [6.45, 7) is 0. The van der Waals surface area contributed by atoms with Gasteiger partial charge in [0.25, 0.3) is 0 Å². The van der Waals surface area contributed by atoms with Crippen LogP contribution in [0.2, 0.25) is 0 Å². The molecule has 0 aliphatic heterocycles. The van der Waals surface area contributed by atoms with Gasteiger partial charge in [0.05, 0.1) is 16.7 Å². The van der Waals surface area contributed by atoms with Crippen LogP contribution in [-0.2, 0) is 0 Å². The Bertz CT molecular complexity index is 3180. The molecule has 11 rings (SSSR count). The highest BCUT2D eigenvalue weighted by Gasteiger charge is 2.21. The molecule has 0 radical (unpaired) electrons. The van der Waals surface area contributed by atoms with Crippen LogP contribution in [0.5, 0.6) is 0 Å². The molecule has 0 saturated carbocycles. The van der Waals surface area contributed by atoms with Crippen LogP contribution in [0.25, 0.3) is 105 Å². The van der Waals surface area contributed by atoms with Crippen LogP contribution in [0, 0.1) is 0 Å². The summed E-state index contributed by atoms with van der Waals surface area (Å²) in [6.07, 6.45) is 0. The van der Waals surface area contributed by atoms with Crippen LogP contribution < -0.4 is 0 Å². The molecule has 0 atom stereocenters. The second-order valence-corrected chi connectivity index (χ2v) is 13.6. The molecule has 252 valence electrons. The Labute approximate surface area is 310 Å². The van der Waals surface area contributed by atoms with Crippen molar-refractivity contribution in [3.8, 4) is 51.0 Å². The number of hydrogen-bond donors (Lipinski definition) is 0. The number of fused-ring (bicyclic) bond motifs is 7. The van der Waals surface area contributed by atoms with Gasteiger partial charge in [0, 0.05) is 38.2 Å². The zero-order valence-corrected chi connectivity index (χ0v) is 29.0. The monoisotopic (exact) mass is 690 g/mol. The van der Waals surface area contributed by atoms with Crippen LogP contribution in [0.1, 0.15) is 0 Å². The van der Waals surface area contributed by atoms with E-state index in [4.69, 9.17) is 19.4 Å². The van der Waals surface area contributed by atoms with Gasteiger partial charge >= 0.3 is 0 Å². The lowest BCUT2D eigenvalue weighted by molar-refractivity contribution is 0.669. The lowest BCUT2D eigenvalue weighted by Crippen LogP contribution is -2.04. The molecular formula is C49H30N4O. The first kappa shape index (κ1) is 30.3. The van der Waals surface area contributed by atoms with Gasteiger partial charge in [0.1, 0.15) is 11.2 Å². The van der Waals surface area contributed by atoms with E-state index in [2.05, 4.69) is 162 Å². The zero-order chi connectivity index (χ0) is 35.6. The second kappa shape index (κ2) is 12.1. The molecule has 0 N–H and O–H groups in total. The molecule has 0 aliphatic rings. The lowest BCUT2D eigenvalue weighted by atomic mass is 10.0. The van der Waals surface area contributed by atoms with Crippen LogP contribution >= 0.6 is 0 Å². The average molecular weight is 691 g/mol. The summed E-state index contributed by atoms with van der Waals surface area (Å²) < 4.78 is 8.68. The molecule has 3 aromatic heterocycles. The van der Waals surface area contributed by atoms with Crippen LogP contribution in [0.15, 0.2) is 186 Å². The molecular weight excluding hydrogens is 661 g/mol. The predicted octanol–water partition coefficient (Wildman–Crippen LogP) is 12.7. The normalized spacial score (nSPS) is 11.7. The van der Waals surface area contributed by atoms with Crippen molar-refractivity contribution in [1.82, 2.24) is 19.5 Å². The number of benzene rings is 8. The van der Waals surface area contributed by atoms with Gasteiger partial charge in [-0.05, 0) is 70.4 Å². The van der Waals surface area contributed by atoms with Crippen LogP contribution in [0.3, 0.4) is 0 Å². The maximum atomic E-state index is 6.32. The molecule has 0 fully saturated rings. The predicted molar refractivity (Wildman–Crippen MR) is 221 cm³/mol. The molecule has 0 saturated heterocycles. The molecule has 0 spiro atoms. The quantitative estimate of drug-likeness (QED) is 0.180. The fourth-order valence-electron chi connectivity index (χ4n) is 7.85. The first-order chi connectivity index (χ1) is 26.7. The Kier molecular flexibility index (Phi) is 6.79. The fraction of sp³-hybridized carbons (Fsp3) is 0. The minimum absolute atomic E-state index is 0.575. The molecule has 11 aromatic rings. The summed E-state index contributed by atoms with van der Waals surface area (Å²) in [5, 5.41) is 6.81. The first-order valence-corrected chi connectivity index (χ1v) is 18.1. The minimum atomic E-state index is 0.575. The van der Waals surface area contributed by atoms with E-state index in [1.165, 1.54) is 10.8 Å². The summed E-state index contributed by atoms with van der Waals surface area (Å²) in [5.74, 6) is 1.76. The lowest BCUT2D eigenvalue weighted by Gasteiger charge is -2.16. The van der Waals surface area contributed by atoms with Crippen LogP contribution in [-0.4, -0.2) is 19.5 Å². The SMILES string of the molecule is c1ccc(-c2ccc(-c3nc(-c4ccc5ccccc5c4)nc(-c4ccc5c(c4)oc4ccccc45)n3)c(-n3c4ccccc4c4ccccc43)c2)cc1. The van der Waals surface area contributed by atoms with Crippen molar-refractivity contribution in [3.63, 3.8) is 0 Å². The third-order valence-electron chi connectivity index (χ3n) is 10.4. The van der Waals surface area contributed by atoms with E-state index < -0.39 is 0 Å². The Morgan fingerprint density at radius 3 is 1.70 bits per heavy atom. The van der Waals surface area contributed by atoms with Gasteiger partial charge < -0.3 is 8.98 Å². The number of furan rings is 1. The van der Waals surface area contributed by atoms with Gasteiger partial charge in [-0.25, -0.2) is 15.0 Å². The van der Waals surface area contributed by atoms with Crippen molar-refractivity contribution in [2.75, 3.05) is 0 Å². The van der Waals surface area contributed by atoms with Crippen molar-refractivity contribution in [2.45, 2.75) is 0 Å². The van der Waals surface area contributed by atoms with E-state index in [9.17, 15) is 0 Å². The van der Waals surface area contributed by atoms with E-state index in [1.54, 1.807) is 0 Å². The standard InChI is InChI=1S/C49H30N4O/c1-2-12-31(13-3-1)34-24-27-41(44(29-34)53-42-19-9-6-16-37(42)38-17-7-10-20-43(38)53)49-51-47(35-23-22-32-14-4-5-15-33(32)28-35)50-48(52-49)36-25-26-40-39-18-8-11-21-45(39)54-46(40)30-36/h1-30H. The van der Waals surface area contributed by atoms with Crippen LogP contribution in [0.4, 0.5) is 0 Å². The maximum absolute atomic E-state index is 6.32. The molecule has 5 heteroatoms. The van der Waals surface area contributed by atoms with Crippen molar-refractivity contribution in [2.24, 2.45) is 0 Å². The second-order valence-electron chi connectivity index (χ2n) is 13.6. The smallest absolute Gasteiger partial charge is 0.166 e. The molecule has 8 aromatic carbocycles. The first-order valence-electron chi connectivity index (χ1n) is 18.1. The number of rotatable bonds is 5. The van der Waals surface area contributed by atoms with Gasteiger partial charge in [-0.15, -0.1) is 0 Å². The highest BCUT2D eigenvalue weighted by Crippen LogP contribution is 2.39. The van der Waals surface area contributed by atoms with E-state index in [0.717, 1.165) is 77.2 Å². The Hall–Kier alpha value is -7.37. The van der Waals surface area contributed by atoms with E-state index in [0.29, 0.717) is 17.5 Å². The molecule has 0 amide bonds.